The Bertz CT molecular complexity index is 1150. The molecular formula is C19H16N6O2. The molecule has 0 saturated heterocycles. The lowest BCUT2D eigenvalue weighted by Gasteiger charge is -2.08. The van der Waals surface area contributed by atoms with Gasteiger partial charge in [0.05, 0.1) is 30.8 Å². The van der Waals surface area contributed by atoms with Crippen molar-refractivity contribution in [1.29, 1.82) is 0 Å². The third-order valence-electron chi connectivity index (χ3n) is 4.02. The van der Waals surface area contributed by atoms with Crippen molar-refractivity contribution in [3.63, 3.8) is 0 Å². The predicted molar refractivity (Wildman–Crippen MR) is 98.9 cm³/mol. The van der Waals surface area contributed by atoms with Crippen LogP contribution in [0.5, 0.6) is 5.75 Å². The van der Waals surface area contributed by atoms with Crippen molar-refractivity contribution in [3.05, 3.63) is 77.1 Å². The summed E-state index contributed by atoms with van der Waals surface area (Å²) in [4.78, 5) is 20.5. The van der Waals surface area contributed by atoms with Crippen LogP contribution >= 0.6 is 0 Å². The third-order valence-corrected chi connectivity index (χ3v) is 4.02. The molecular weight excluding hydrogens is 344 g/mol. The van der Waals surface area contributed by atoms with E-state index < -0.39 is 0 Å². The number of nitrogens with zero attached hydrogens (tertiary/aromatic N) is 6. The number of aryl methyl sites for hydroxylation is 1. The van der Waals surface area contributed by atoms with Gasteiger partial charge in [0.25, 0.3) is 5.56 Å². The maximum absolute atomic E-state index is 12.2. The van der Waals surface area contributed by atoms with Crippen molar-refractivity contribution >= 4 is 0 Å². The molecule has 0 aliphatic heterocycles. The molecule has 1 aromatic carbocycles. The Morgan fingerprint density at radius 1 is 1.04 bits per heavy atom. The second kappa shape index (κ2) is 6.83. The Hall–Kier alpha value is -3.81. The number of hydrogen-bond donors (Lipinski definition) is 1. The van der Waals surface area contributed by atoms with E-state index in [9.17, 15) is 9.90 Å². The van der Waals surface area contributed by atoms with Crippen LogP contribution < -0.4 is 5.56 Å². The largest absolute Gasteiger partial charge is 0.505 e. The van der Waals surface area contributed by atoms with E-state index in [-0.39, 0.29) is 11.3 Å². The van der Waals surface area contributed by atoms with Crippen LogP contribution in [0.2, 0.25) is 0 Å². The first-order valence-corrected chi connectivity index (χ1v) is 8.26. The van der Waals surface area contributed by atoms with E-state index >= 15 is 0 Å². The molecule has 0 aliphatic rings. The van der Waals surface area contributed by atoms with Gasteiger partial charge >= 0.3 is 0 Å². The van der Waals surface area contributed by atoms with Gasteiger partial charge in [-0.15, -0.1) is 0 Å². The van der Waals surface area contributed by atoms with Gasteiger partial charge < -0.3 is 5.11 Å². The minimum Gasteiger partial charge on any atom is -0.505 e. The zero-order valence-electron chi connectivity index (χ0n) is 14.5. The fraction of sp³-hybridized carbons (Fsp3) is 0.105. The van der Waals surface area contributed by atoms with Gasteiger partial charge in [-0.05, 0) is 17.7 Å². The molecule has 0 radical (unpaired) electrons. The highest BCUT2D eigenvalue weighted by molar-refractivity contribution is 5.57. The predicted octanol–water partition coefficient (Wildman–Crippen LogP) is 1.85. The lowest BCUT2D eigenvalue weighted by Crippen LogP contribution is -2.22. The Morgan fingerprint density at radius 3 is 2.59 bits per heavy atom. The maximum Gasteiger partial charge on any atom is 0.267 e. The number of aromatic nitrogens is 6. The molecule has 1 N–H and O–H groups in total. The lowest BCUT2D eigenvalue weighted by molar-refractivity contribution is 0.470. The molecule has 0 amide bonds. The summed E-state index contributed by atoms with van der Waals surface area (Å²) in [6.45, 7) is 0.318. The summed E-state index contributed by atoms with van der Waals surface area (Å²) >= 11 is 0. The second-order valence-corrected chi connectivity index (χ2v) is 6.08. The molecule has 27 heavy (non-hydrogen) atoms. The first-order chi connectivity index (χ1) is 13.1. The normalized spacial score (nSPS) is 10.9. The van der Waals surface area contributed by atoms with Crippen molar-refractivity contribution in [2.24, 2.45) is 7.05 Å². The SMILES string of the molecule is Cn1cc(-c2ccc(=O)n(Cc3cccc(-c4ncc(O)cn4)c3)n2)cn1. The maximum atomic E-state index is 12.2. The zero-order chi connectivity index (χ0) is 18.8. The van der Waals surface area contributed by atoms with Crippen LogP contribution in [0.1, 0.15) is 5.56 Å². The molecule has 0 fully saturated rings. The van der Waals surface area contributed by atoms with Crippen LogP contribution in [-0.2, 0) is 13.6 Å². The highest BCUT2D eigenvalue weighted by atomic mass is 16.3. The van der Waals surface area contributed by atoms with Gasteiger partial charge in [-0.3, -0.25) is 9.48 Å². The van der Waals surface area contributed by atoms with E-state index in [2.05, 4.69) is 20.2 Å². The molecule has 3 heterocycles. The summed E-state index contributed by atoms with van der Waals surface area (Å²) in [7, 11) is 1.83. The van der Waals surface area contributed by atoms with Crippen molar-refractivity contribution in [2.75, 3.05) is 0 Å². The third kappa shape index (κ3) is 3.59. The molecule has 0 aliphatic carbocycles. The van der Waals surface area contributed by atoms with E-state index in [4.69, 9.17) is 0 Å². The van der Waals surface area contributed by atoms with Crippen LogP contribution in [0, 0.1) is 0 Å². The molecule has 0 bridgehead atoms. The fourth-order valence-corrected chi connectivity index (χ4v) is 2.72. The molecule has 0 atom stereocenters. The van der Waals surface area contributed by atoms with Crippen molar-refractivity contribution < 1.29 is 5.11 Å². The second-order valence-electron chi connectivity index (χ2n) is 6.08. The van der Waals surface area contributed by atoms with E-state index in [0.29, 0.717) is 18.1 Å². The number of rotatable bonds is 4. The summed E-state index contributed by atoms with van der Waals surface area (Å²) < 4.78 is 3.10. The quantitative estimate of drug-likeness (QED) is 0.596. The van der Waals surface area contributed by atoms with Crippen LogP contribution in [0.3, 0.4) is 0 Å². The van der Waals surface area contributed by atoms with Gasteiger partial charge in [-0.25, -0.2) is 14.6 Å². The molecule has 4 rings (SSSR count). The summed E-state index contributed by atoms with van der Waals surface area (Å²) in [5.41, 5.74) is 3.03. The Morgan fingerprint density at radius 2 is 1.85 bits per heavy atom. The van der Waals surface area contributed by atoms with E-state index in [1.165, 1.54) is 23.1 Å². The van der Waals surface area contributed by atoms with E-state index in [0.717, 1.165) is 16.7 Å². The average Bonchev–Trinajstić information content (AvgIpc) is 3.11. The molecule has 8 heteroatoms. The molecule has 0 saturated carbocycles. The van der Waals surface area contributed by atoms with Gasteiger partial charge in [0.2, 0.25) is 0 Å². The highest BCUT2D eigenvalue weighted by Gasteiger charge is 2.08. The van der Waals surface area contributed by atoms with E-state index in [1.807, 2.05) is 37.5 Å². The first kappa shape index (κ1) is 16.6. The number of aromatic hydroxyl groups is 1. The molecule has 3 aromatic heterocycles. The topological polar surface area (TPSA) is 98.7 Å². The Kier molecular flexibility index (Phi) is 4.21. The van der Waals surface area contributed by atoms with E-state index in [1.54, 1.807) is 16.9 Å². The van der Waals surface area contributed by atoms with Crippen molar-refractivity contribution in [1.82, 2.24) is 29.5 Å². The minimum absolute atomic E-state index is 0.0119. The Labute approximate surface area is 154 Å². The molecule has 0 unspecified atom stereocenters. The van der Waals surface area contributed by atoms with Crippen molar-refractivity contribution in [2.45, 2.75) is 6.54 Å². The molecule has 8 nitrogen and oxygen atoms in total. The van der Waals surface area contributed by atoms with Crippen LogP contribution in [0.25, 0.3) is 22.6 Å². The number of hydrogen-bond acceptors (Lipinski definition) is 6. The summed E-state index contributed by atoms with van der Waals surface area (Å²) in [6.07, 6.45) is 6.25. The fourth-order valence-electron chi connectivity index (χ4n) is 2.72. The van der Waals surface area contributed by atoms with Crippen molar-refractivity contribution in [3.8, 4) is 28.4 Å². The van der Waals surface area contributed by atoms with Crippen LogP contribution in [-0.4, -0.2) is 34.6 Å². The smallest absolute Gasteiger partial charge is 0.267 e. The van der Waals surface area contributed by atoms with Crippen LogP contribution in [0.4, 0.5) is 0 Å². The van der Waals surface area contributed by atoms with Gasteiger partial charge in [-0.2, -0.15) is 10.2 Å². The molecule has 0 spiro atoms. The van der Waals surface area contributed by atoms with Gasteiger partial charge in [0, 0.05) is 30.4 Å². The van der Waals surface area contributed by atoms with Gasteiger partial charge in [0.15, 0.2) is 11.6 Å². The average molecular weight is 360 g/mol. The van der Waals surface area contributed by atoms with Crippen LogP contribution in [0.15, 0.2) is 66.0 Å². The standard InChI is InChI=1S/C19H16N6O2/c1-24-12-15(8-22-24)17-5-6-18(27)25(23-17)11-13-3-2-4-14(7-13)19-20-9-16(26)10-21-19/h2-10,12,26H,11H2,1H3. The Balaban J connectivity index is 1.65. The van der Waals surface area contributed by atoms with Gasteiger partial charge in [-0.1, -0.05) is 18.2 Å². The lowest BCUT2D eigenvalue weighted by atomic mass is 10.1. The summed E-state index contributed by atoms with van der Waals surface area (Å²) in [5.74, 6) is 0.511. The molecule has 4 aromatic rings. The molecule has 134 valence electrons. The minimum atomic E-state index is -0.186. The first-order valence-electron chi connectivity index (χ1n) is 8.26. The monoisotopic (exact) mass is 360 g/mol. The van der Waals surface area contributed by atoms with Gasteiger partial charge in [0.1, 0.15) is 0 Å². The summed E-state index contributed by atoms with van der Waals surface area (Å²) in [5, 5.41) is 17.9. The summed E-state index contributed by atoms with van der Waals surface area (Å²) in [6, 6.07) is 10.7. The zero-order valence-corrected chi connectivity index (χ0v) is 14.5. The number of benzene rings is 1. The highest BCUT2D eigenvalue weighted by Crippen LogP contribution is 2.18.